The maximum atomic E-state index is 11.4. The molecule has 16 heavy (non-hydrogen) atoms. The van der Waals surface area contributed by atoms with E-state index in [0.717, 1.165) is 18.5 Å². The molecule has 1 saturated carbocycles. The topological polar surface area (TPSA) is 80.0 Å². The number of aromatic nitrogens is 1. The number of nitrogens with zero attached hydrogens (tertiary/aromatic N) is 1. The van der Waals surface area contributed by atoms with E-state index in [1.54, 1.807) is 18.5 Å². The molecule has 1 heterocycles. The normalized spacial score (nSPS) is 14.5. The molecule has 0 spiro atoms. The minimum absolute atomic E-state index is 0.104. The molecule has 1 amide bonds. The Bertz CT molecular complexity index is 376. The highest BCUT2D eigenvalue weighted by Gasteiger charge is 2.22. The molecule has 1 aromatic rings. The standard InChI is InChI=1S/C11H16N4O/c12-8-5-10(7-13-6-8)14-4-3-11(16)15-9-1-2-9/h5-7,9,14H,1-4,12H2,(H,15,16). The monoisotopic (exact) mass is 220 g/mol. The first kappa shape index (κ1) is 10.7. The molecule has 0 atom stereocenters. The smallest absolute Gasteiger partial charge is 0.221 e. The Hall–Kier alpha value is -1.78. The number of nitrogens with one attached hydrogen (secondary N) is 2. The van der Waals surface area contributed by atoms with Crippen LogP contribution in [0, 0.1) is 0 Å². The second kappa shape index (κ2) is 4.83. The van der Waals surface area contributed by atoms with Crippen molar-refractivity contribution in [2.45, 2.75) is 25.3 Å². The lowest BCUT2D eigenvalue weighted by molar-refractivity contribution is -0.120. The number of hydrogen-bond acceptors (Lipinski definition) is 4. The van der Waals surface area contributed by atoms with Crippen LogP contribution in [0.25, 0.3) is 0 Å². The number of nitrogens with two attached hydrogens (primary N) is 1. The molecular formula is C11H16N4O. The van der Waals surface area contributed by atoms with Gasteiger partial charge in [-0.2, -0.15) is 0 Å². The highest BCUT2D eigenvalue weighted by atomic mass is 16.1. The molecule has 1 aliphatic carbocycles. The molecule has 5 nitrogen and oxygen atoms in total. The first-order valence-corrected chi connectivity index (χ1v) is 5.48. The molecule has 5 heteroatoms. The summed E-state index contributed by atoms with van der Waals surface area (Å²) in [6, 6.07) is 2.23. The molecule has 1 fully saturated rings. The number of nitrogen functional groups attached to an aromatic ring is 1. The number of amides is 1. The Labute approximate surface area is 94.4 Å². The van der Waals surface area contributed by atoms with Crippen molar-refractivity contribution in [1.29, 1.82) is 0 Å². The van der Waals surface area contributed by atoms with Gasteiger partial charge in [0.2, 0.25) is 5.91 Å². The van der Waals surface area contributed by atoms with Crippen molar-refractivity contribution >= 4 is 17.3 Å². The van der Waals surface area contributed by atoms with Crippen molar-refractivity contribution in [3.05, 3.63) is 18.5 Å². The fraction of sp³-hybridized carbons (Fsp3) is 0.455. The Morgan fingerprint density at radius 1 is 1.50 bits per heavy atom. The maximum Gasteiger partial charge on any atom is 0.221 e. The predicted octanol–water partition coefficient (Wildman–Crippen LogP) is 0.744. The van der Waals surface area contributed by atoms with Gasteiger partial charge in [-0.25, -0.2) is 0 Å². The lowest BCUT2D eigenvalue weighted by atomic mass is 10.3. The second-order valence-corrected chi connectivity index (χ2v) is 4.03. The lowest BCUT2D eigenvalue weighted by Gasteiger charge is -2.06. The zero-order valence-corrected chi connectivity index (χ0v) is 9.07. The summed E-state index contributed by atoms with van der Waals surface area (Å²) in [6.45, 7) is 0.601. The Balaban J connectivity index is 1.68. The van der Waals surface area contributed by atoms with E-state index >= 15 is 0 Å². The number of hydrogen-bond donors (Lipinski definition) is 3. The van der Waals surface area contributed by atoms with Gasteiger partial charge in [-0.3, -0.25) is 9.78 Å². The van der Waals surface area contributed by atoms with E-state index in [-0.39, 0.29) is 5.91 Å². The van der Waals surface area contributed by atoms with Gasteiger partial charge in [-0.1, -0.05) is 0 Å². The summed E-state index contributed by atoms with van der Waals surface area (Å²) in [5.41, 5.74) is 7.05. The second-order valence-electron chi connectivity index (χ2n) is 4.03. The quantitative estimate of drug-likeness (QED) is 0.684. The van der Waals surface area contributed by atoms with E-state index in [4.69, 9.17) is 5.73 Å². The summed E-state index contributed by atoms with van der Waals surface area (Å²) in [6.07, 6.45) is 6.00. The van der Waals surface area contributed by atoms with E-state index in [9.17, 15) is 4.79 Å². The van der Waals surface area contributed by atoms with Crippen molar-refractivity contribution in [1.82, 2.24) is 10.3 Å². The predicted molar refractivity (Wildman–Crippen MR) is 62.9 cm³/mol. The summed E-state index contributed by atoms with van der Waals surface area (Å²) in [5, 5.41) is 6.04. The molecule has 0 aliphatic heterocycles. The van der Waals surface area contributed by atoms with Crippen molar-refractivity contribution in [3.63, 3.8) is 0 Å². The largest absolute Gasteiger partial charge is 0.397 e. The van der Waals surface area contributed by atoms with E-state index in [0.29, 0.717) is 24.7 Å². The van der Waals surface area contributed by atoms with Gasteiger partial charge in [-0.05, 0) is 18.9 Å². The maximum absolute atomic E-state index is 11.4. The van der Waals surface area contributed by atoms with Crippen LogP contribution in [0.3, 0.4) is 0 Å². The molecule has 0 unspecified atom stereocenters. The molecule has 1 aliphatic rings. The van der Waals surface area contributed by atoms with Gasteiger partial charge in [-0.15, -0.1) is 0 Å². The number of carbonyl (C=O) groups is 1. The van der Waals surface area contributed by atoms with Crippen LogP contribution in [0.15, 0.2) is 18.5 Å². The average Bonchev–Trinajstić information content (AvgIpc) is 3.02. The van der Waals surface area contributed by atoms with Gasteiger partial charge in [0.25, 0.3) is 0 Å². The Kier molecular flexibility index (Phi) is 3.24. The van der Waals surface area contributed by atoms with Gasteiger partial charge in [0, 0.05) is 25.2 Å². The minimum Gasteiger partial charge on any atom is -0.397 e. The van der Waals surface area contributed by atoms with Crippen molar-refractivity contribution in [3.8, 4) is 0 Å². The van der Waals surface area contributed by atoms with Crippen molar-refractivity contribution < 1.29 is 4.79 Å². The fourth-order valence-corrected chi connectivity index (χ4v) is 1.40. The third-order valence-corrected chi connectivity index (χ3v) is 2.38. The summed E-state index contributed by atoms with van der Waals surface area (Å²) in [4.78, 5) is 15.3. The van der Waals surface area contributed by atoms with Gasteiger partial charge in [0.15, 0.2) is 0 Å². The van der Waals surface area contributed by atoms with Crippen LogP contribution in [0.1, 0.15) is 19.3 Å². The molecule has 86 valence electrons. The van der Waals surface area contributed by atoms with E-state index in [1.807, 2.05) is 0 Å². The summed E-state index contributed by atoms with van der Waals surface area (Å²) < 4.78 is 0. The summed E-state index contributed by atoms with van der Waals surface area (Å²) in [5.74, 6) is 0.104. The Morgan fingerprint density at radius 2 is 2.31 bits per heavy atom. The number of rotatable bonds is 5. The van der Waals surface area contributed by atoms with Gasteiger partial charge >= 0.3 is 0 Å². The molecule has 0 radical (unpaired) electrons. The van der Waals surface area contributed by atoms with Crippen molar-refractivity contribution in [2.24, 2.45) is 0 Å². The zero-order chi connectivity index (χ0) is 11.4. The van der Waals surface area contributed by atoms with Crippen LogP contribution >= 0.6 is 0 Å². The number of pyridine rings is 1. The Morgan fingerprint density at radius 3 is 3.00 bits per heavy atom. The van der Waals surface area contributed by atoms with Gasteiger partial charge in [0.1, 0.15) is 0 Å². The highest BCUT2D eigenvalue weighted by molar-refractivity contribution is 5.77. The van der Waals surface area contributed by atoms with E-state index in [1.165, 1.54) is 0 Å². The summed E-state index contributed by atoms with van der Waals surface area (Å²) >= 11 is 0. The van der Waals surface area contributed by atoms with Gasteiger partial charge < -0.3 is 16.4 Å². The SMILES string of the molecule is Nc1cncc(NCCC(=O)NC2CC2)c1. The number of carbonyl (C=O) groups excluding carboxylic acids is 1. The first-order chi connectivity index (χ1) is 7.74. The van der Waals surface area contributed by atoms with E-state index < -0.39 is 0 Å². The molecule has 4 N–H and O–H groups in total. The van der Waals surface area contributed by atoms with Crippen molar-refractivity contribution in [2.75, 3.05) is 17.6 Å². The molecular weight excluding hydrogens is 204 g/mol. The van der Waals surface area contributed by atoms with Gasteiger partial charge in [0.05, 0.1) is 17.6 Å². The molecule has 1 aromatic heterocycles. The van der Waals surface area contributed by atoms with Crippen LogP contribution in [-0.2, 0) is 4.79 Å². The van der Waals surface area contributed by atoms with Crippen LogP contribution in [-0.4, -0.2) is 23.5 Å². The molecule has 2 rings (SSSR count). The zero-order valence-electron chi connectivity index (χ0n) is 9.07. The summed E-state index contributed by atoms with van der Waals surface area (Å²) in [7, 11) is 0. The first-order valence-electron chi connectivity index (χ1n) is 5.48. The van der Waals surface area contributed by atoms with Crippen LogP contribution < -0.4 is 16.4 Å². The lowest BCUT2D eigenvalue weighted by Crippen LogP contribution is -2.27. The van der Waals surface area contributed by atoms with Crippen LogP contribution in [0.4, 0.5) is 11.4 Å². The minimum atomic E-state index is 0.104. The molecule has 0 saturated heterocycles. The third kappa shape index (κ3) is 3.42. The third-order valence-electron chi connectivity index (χ3n) is 2.38. The highest BCUT2D eigenvalue weighted by Crippen LogP contribution is 2.18. The average molecular weight is 220 g/mol. The fourth-order valence-electron chi connectivity index (χ4n) is 1.40. The van der Waals surface area contributed by atoms with E-state index in [2.05, 4.69) is 15.6 Å². The number of anilines is 2. The molecule has 0 aromatic carbocycles. The van der Waals surface area contributed by atoms with Crippen LogP contribution in [0.2, 0.25) is 0 Å². The van der Waals surface area contributed by atoms with Crippen LogP contribution in [0.5, 0.6) is 0 Å². The molecule has 0 bridgehead atoms.